The summed E-state index contributed by atoms with van der Waals surface area (Å²) < 4.78 is 1.05. The fraction of sp³-hybridized carbons (Fsp3) is 0. The molecule has 0 aliphatic heterocycles. The summed E-state index contributed by atoms with van der Waals surface area (Å²) in [5, 5.41) is 5.29. The van der Waals surface area contributed by atoms with E-state index in [-0.39, 0.29) is 5.91 Å². The van der Waals surface area contributed by atoms with Gasteiger partial charge >= 0.3 is 0 Å². The first-order valence-electron chi connectivity index (χ1n) is 6.81. The van der Waals surface area contributed by atoms with Crippen molar-refractivity contribution in [2.75, 3.05) is 5.32 Å². The van der Waals surface area contributed by atoms with Gasteiger partial charge in [0.25, 0.3) is 5.91 Å². The van der Waals surface area contributed by atoms with E-state index in [1.54, 1.807) is 12.4 Å². The van der Waals surface area contributed by atoms with Gasteiger partial charge in [0.05, 0.1) is 15.8 Å². The molecule has 1 amide bonds. The molecule has 2 aromatic carbocycles. The zero-order chi connectivity index (χ0) is 14.9. The molecule has 0 bridgehead atoms. The second kappa shape index (κ2) is 5.20. The first-order chi connectivity index (χ1) is 10.8. The molecular weight excluding hydrogens is 294 g/mol. The van der Waals surface area contributed by atoms with Crippen molar-refractivity contribution in [3.63, 3.8) is 0 Å². The highest BCUT2D eigenvalue weighted by atomic mass is 32.1. The van der Waals surface area contributed by atoms with Crippen molar-refractivity contribution < 1.29 is 4.79 Å². The molecule has 0 atom stereocenters. The number of thiazole rings is 1. The average Bonchev–Trinajstić information content (AvgIpc) is 2.96. The van der Waals surface area contributed by atoms with Crippen LogP contribution in [0, 0.1) is 0 Å². The van der Waals surface area contributed by atoms with Gasteiger partial charge in [-0.2, -0.15) is 0 Å². The standard InChI is InChI=1S/C17H11N3OS/c21-16(13-10-18-9-11-5-1-2-6-12(11)13)20-17-19-14-7-3-4-8-15(14)22-17/h1-10H,(H,19,20,21). The maximum Gasteiger partial charge on any atom is 0.259 e. The molecule has 0 saturated carbocycles. The van der Waals surface area contributed by atoms with E-state index in [1.807, 2.05) is 48.5 Å². The van der Waals surface area contributed by atoms with E-state index < -0.39 is 0 Å². The molecule has 0 fully saturated rings. The van der Waals surface area contributed by atoms with Crippen molar-refractivity contribution in [3.05, 3.63) is 66.5 Å². The molecule has 1 N–H and O–H groups in total. The van der Waals surface area contributed by atoms with Crippen LogP contribution in [0.15, 0.2) is 60.9 Å². The summed E-state index contributed by atoms with van der Waals surface area (Å²) in [7, 11) is 0. The number of anilines is 1. The lowest BCUT2D eigenvalue weighted by Crippen LogP contribution is -2.12. The van der Waals surface area contributed by atoms with Crippen LogP contribution in [-0.4, -0.2) is 15.9 Å². The van der Waals surface area contributed by atoms with Gasteiger partial charge in [0.15, 0.2) is 5.13 Å². The molecule has 2 aromatic heterocycles. The predicted octanol–water partition coefficient (Wildman–Crippen LogP) is 4.10. The predicted molar refractivity (Wildman–Crippen MR) is 89.3 cm³/mol. The summed E-state index contributed by atoms with van der Waals surface area (Å²) >= 11 is 1.46. The number of para-hydroxylation sites is 1. The normalized spacial score (nSPS) is 10.9. The number of rotatable bonds is 2. The third kappa shape index (κ3) is 2.21. The van der Waals surface area contributed by atoms with Gasteiger partial charge in [-0.15, -0.1) is 0 Å². The Kier molecular flexibility index (Phi) is 3.05. The van der Waals surface area contributed by atoms with Crippen molar-refractivity contribution in [1.82, 2.24) is 9.97 Å². The van der Waals surface area contributed by atoms with Crippen LogP contribution in [0.2, 0.25) is 0 Å². The number of nitrogens with zero attached hydrogens (tertiary/aromatic N) is 2. The monoisotopic (exact) mass is 305 g/mol. The molecule has 106 valence electrons. The second-order valence-corrected chi connectivity index (χ2v) is 5.88. The Hall–Kier alpha value is -2.79. The van der Waals surface area contributed by atoms with Gasteiger partial charge in [0, 0.05) is 17.8 Å². The minimum absolute atomic E-state index is 0.191. The maximum absolute atomic E-state index is 12.5. The molecular formula is C17H11N3OS. The molecule has 5 heteroatoms. The van der Waals surface area contributed by atoms with Gasteiger partial charge in [-0.1, -0.05) is 47.7 Å². The second-order valence-electron chi connectivity index (χ2n) is 4.85. The lowest BCUT2D eigenvalue weighted by molar-refractivity contribution is 0.102. The highest BCUT2D eigenvalue weighted by Gasteiger charge is 2.13. The lowest BCUT2D eigenvalue weighted by Gasteiger charge is -2.05. The fourth-order valence-electron chi connectivity index (χ4n) is 2.39. The summed E-state index contributed by atoms with van der Waals surface area (Å²) in [6.07, 6.45) is 3.34. The number of hydrogen-bond acceptors (Lipinski definition) is 4. The SMILES string of the molecule is O=C(Nc1nc2ccccc2s1)c1cncc2ccccc12. The van der Waals surface area contributed by atoms with E-state index in [4.69, 9.17) is 0 Å². The van der Waals surface area contributed by atoms with E-state index in [2.05, 4.69) is 15.3 Å². The van der Waals surface area contributed by atoms with Crippen molar-refractivity contribution in [1.29, 1.82) is 0 Å². The number of hydrogen-bond donors (Lipinski definition) is 1. The van der Waals surface area contributed by atoms with Crippen LogP contribution in [-0.2, 0) is 0 Å². The minimum Gasteiger partial charge on any atom is -0.298 e. The zero-order valence-corrected chi connectivity index (χ0v) is 12.3. The molecule has 0 aliphatic rings. The van der Waals surface area contributed by atoms with Gasteiger partial charge < -0.3 is 0 Å². The third-order valence-electron chi connectivity index (χ3n) is 3.43. The number of benzene rings is 2. The summed E-state index contributed by atoms with van der Waals surface area (Å²) in [6.45, 7) is 0. The molecule has 0 saturated heterocycles. The van der Waals surface area contributed by atoms with Gasteiger partial charge in [-0.3, -0.25) is 15.1 Å². The molecule has 0 aliphatic carbocycles. The van der Waals surface area contributed by atoms with Gasteiger partial charge in [0.1, 0.15) is 0 Å². The lowest BCUT2D eigenvalue weighted by atomic mass is 10.1. The molecule has 22 heavy (non-hydrogen) atoms. The van der Waals surface area contributed by atoms with Gasteiger partial charge in [0.2, 0.25) is 0 Å². The van der Waals surface area contributed by atoms with Crippen LogP contribution in [0.4, 0.5) is 5.13 Å². The maximum atomic E-state index is 12.5. The third-order valence-corrected chi connectivity index (χ3v) is 4.38. The van der Waals surface area contributed by atoms with E-state index in [0.717, 1.165) is 21.0 Å². The van der Waals surface area contributed by atoms with Crippen LogP contribution >= 0.6 is 11.3 Å². The first kappa shape index (κ1) is 12.9. The molecule has 0 unspecified atom stereocenters. The van der Waals surface area contributed by atoms with Crippen LogP contribution in [0.25, 0.3) is 21.0 Å². The van der Waals surface area contributed by atoms with Crippen molar-refractivity contribution in [2.45, 2.75) is 0 Å². The molecule has 2 heterocycles. The Balaban J connectivity index is 1.71. The van der Waals surface area contributed by atoms with Crippen molar-refractivity contribution >= 4 is 43.4 Å². The smallest absolute Gasteiger partial charge is 0.259 e. The molecule has 0 radical (unpaired) electrons. The first-order valence-corrected chi connectivity index (χ1v) is 7.62. The quantitative estimate of drug-likeness (QED) is 0.606. The highest BCUT2D eigenvalue weighted by Crippen LogP contribution is 2.26. The average molecular weight is 305 g/mol. The fourth-order valence-corrected chi connectivity index (χ4v) is 3.25. The number of pyridine rings is 1. The van der Waals surface area contributed by atoms with Gasteiger partial charge in [-0.25, -0.2) is 4.98 Å². The van der Waals surface area contributed by atoms with E-state index in [9.17, 15) is 4.79 Å². The number of carbonyl (C=O) groups excluding carboxylic acids is 1. The summed E-state index contributed by atoms with van der Waals surface area (Å²) in [5.41, 5.74) is 1.44. The molecule has 4 rings (SSSR count). The summed E-state index contributed by atoms with van der Waals surface area (Å²) in [6, 6.07) is 15.5. The van der Waals surface area contributed by atoms with Crippen molar-refractivity contribution in [2.24, 2.45) is 0 Å². The van der Waals surface area contributed by atoms with E-state index in [0.29, 0.717) is 10.7 Å². The Labute approximate surface area is 130 Å². The molecule has 4 nitrogen and oxygen atoms in total. The number of amides is 1. The van der Waals surface area contributed by atoms with Crippen molar-refractivity contribution in [3.8, 4) is 0 Å². The van der Waals surface area contributed by atoms with Gasteiger partial charge in [-0.05, 0) is 17.5 Å². The van der Waals surface area contributed by atoms with Crippen LogP contribution in [0.3, 0.4) is 0 Å². The molecule has 4 aromatic rings. The van der Waals surface area contributed by atoms with Crippen LogP contribution in [0.5, 0.6) is 0 Å². The van der Waals surface area contributed by atoms with E-state index in [1.165, 1.54) is 11.3 Å². The Morgan fingerprint density at radius 2 is 1.82 bits per heavy atom. The Morgan fingerprint density at radius 1 is 1.00 bits per heavy atom. The number of carbonyl (C=O) groups is 1. The minimum atomic E-state index is -0.191. The highest BCUT2D eigenvalue weighted by molar-refractivity contribution is 7.22. The Morgan fingerprint density at radius 3 is 2.73 bits per heavy atom. The zero-order valence-electron chi connectivity index (χ0n) is 11.5. The molecule has 0 spiro atoms. The number of aromatic nitrogens is 2. The summed E-state index contributed by atoms with van der Waals surface area (Å²) in [5.74, 6) is -0.191. The number of nitrogens with one attached hydrogen (secondary N) is 1. The van der Waals surface area contributed by atoms with Crippen LogP contribution in [0.1, 0.15) is 10.4 Å². The largest absolute Gasteiger partial charge is 0.298 e. The van der Waals surface area contributed by atoms with Crippen LogP contribution < -0.4 is 5.32 Å². The topological polar surface area (TPSA) is 54.9 Å². The van der Waals surface area contributed by atoms with E-state index >= 15 is 0 Å². The summed E-state index contributed by atoms with van der Waals surface area (Å²) in [4.78, 5) is 21.1. The number of fused-ring (bicyclic) bond motifs is 2. The Bertz CT molecular complexity index is 955.